The first-order valence-corrected chi connectivity index (χ1v) is 5.67. The van der Waals surface area contributed by atoms with E-state index in [0.29, 0.717) is 5.92 Å². The number of ether oxygens (including phenoxy) is 1. The number of piperidine rings is 1. The molecule has 0 spiro atoms. The molecule has 1 atom stereocenters. The molecule has 1 heterocycles. The number of hydrogen-bond donors (Lipinski definition) is 1. The van der Waals surface area contributed by atoms with Crippen molar-refractivity contribution in [2.75, 3.05) is 33.3 Å². The zero-order valence-corrected chi connectivity index (χ0v) is 9.74. The average Bonchev–Trinajstić information content (AvgIpc) is 2.29. The summed E-state index contributed by atoms with van der Waals surface area (Å²) in [7, 11) is 1.46. The van der Waals surface area contributed by atoms with E-state index in [1.807, 2.05) is 0 Å². The van der Waals surface area contributed by atoms with Crippen LogP contribution in [0, 0.1) is 11.8 Å². The summed E-state index contributed by atoms with van der Waals surface area (Å²) in [5.74, 6) is 0.598. The topological polar surface area (TPSA) is 55.6 Å². The zero-order chi connectivity index (χ0) is 11.3. The van der Waals surface area contributed by atoms with Crippen LogP contribution < -0.4 is 5.73 Å². The number of carbonyl (C=O) groups excluding carboxylic acids is 1. The van der Waals surface area contributed by atoms with Gasteiger partial charge in [-0.05, 0) is 38.4 Å². The molecule has 0 aromatic rings. The fourth-order valence-electron chi connectivity index (χ4n) is 2.03. The van der Waals surface area contributed by atoms with Gasteiger partial charge in [-0.2, -0.15) is 0 Å². The van der Waals surface area contributed by atoms with Crippen LogP contribution in [0.4, 0.5) is 0 Å². The van der Waals surface area contributed by atoms with Crippen molar-refractivity contribution in [1.82, 2.24) is 4.90 Å². The first-order valence-electron chi connectivity index (χ1n) is 5.67. The lowest BCUT2D eigenvalue weighted by Gasteiger charge is -2.32. The molecule has 0 bridgehead atoms. The summed E-state index contributed by atoms with van der Waals surface area (Å²) in [6.07, 6.45) is 1.84. The maximum Gasteiger partial charge on any atom is 0.308 e. The van der Waals surface area contributed by atoms with Crippen LogP contribution in [0.15, 0.2) is 0 Å². The zero-order valence-electron chi connectivity index (χ0n) is 9.74. The molecule has 15 heavy (non-hydrogen) atoms. The predicted molar refractivity (Wildman–Crippen MR) is 59.4 cm³/mol. The number of rotatable bonds is 4. The van der Waals surface area contributed by atoms with Crippen LogP contribution in [0.2, 0.25) is 0 Å². The molecular weight excluding hydrogens is 192 g/mol. The number of carbonyl (C=O) groups is 1. The fourth-order valence-corrected chi connectivity index (χ4v) is 2.03. The van der Waals surface area contributed by atoms with Gasteiger partial charge in [0.2, 0.25) is 0 Å². The summed E-state index contributed by atoms with van der Waals surface area (Å²) in [6, 6.07) is 0. The van der Waals surface area contributed by atoms with E-state index in [0.717, 1.165) is 39.0 Å². The summed E-state index contributed by atoms with van der Waals surface area (Å²) in [6.45, 7) is 5.92. The lowest BCUT2D eigenvalue weighted by atomic mass is 9.96. The molecule has 2 N–H and O–H groups in total. The lowest BCUT2D eigenvalue weighted by Crippen LogP contribution is -2.40. The Bertz CT molecular complexity index is 201. The number of hydrogen-bond acceptors (Lipinski definition) is 4. The lowest BCUT2D eigenvalue weighted by molar-refractivity contribution is -0.147. The predicted octanol–water partition coefficient (Wildman–Crippen LogP) is 0.466. The summed E-state index contributed by atoms with van der Waals surface area (Å²) in [4.78, 5) is 13.7. The molecule has 0 aliphatic carbocycles. The van der Waals surface area contributed by atoms with Crippen molar-refractivity contribution in [2.45, 2.75) is 19.8 Å². The van der Waals surface area contributed by atoms with E-state index in [2.05, 4.69) is 11.8 Å². The second-order valence-corrected chi connectivity index (χ2v) is 4.44. The van der Waals surface area contributed by atoms with Gasteiger partial charge in [-0.15, -0.1) is 0 Å². The average molecular weight is 214 g/mol. The Morgan fingerprint density at radius 2 is 2.13 bits per heavy atom. The molecule has 0 radical (unpaired) electrons. The number of likely N-dealkylation sites (tertiary alicyclic amines) is 1. The minimum atomic E-state index is -0.0541. The molecule has 1 fully saturated rings. The Hall–Kier alpha value is -0.610. The van der Waals surface area contributed by atoms with Gasteiger partial charge in [0.15, 0.2) is 0 Å². The van der Waals surface area contributed by atoms with Gasteiger partial charge in [0.05, 0.1) is 13.0 Å². The van der Waals surface area contributed by atoms with Crippen LogP contribution in [0.25, 0.3) is 0 Å². The Kier molecular flexibility index (Phi) is 5.05. The van der Waals surface area contributed by atoms with E-state index in [1.54, 1.807) is 0 Å². The molecule has 1 rings (SSSR count). The summed E-state index contributed by atoms with van der Waals surface area (Å²) in [5.41, 5.74) is 5.59. The maximum atomic E-state index is 11.3. The van der Waals surface area contributed by atoms with E-state index in [9.17, 15) is 4.79 Å². The van der Waals surface area contributed by atoms with E-state index < -0.39 is 0 Å². The highest BCUT2D eigenvalue weighted by Gasteiger charge is 2.25. The van der Waals surface area contributed by atoms with E-state index in [1.165, 1.54) is 7.11 Å². The standard InChI is InChI=1S/C11H22N2O2/c1-9(7-12)8-13-5-3-10(4-6-13)11(14)15-2/h9-10H,3-8,12H2,1-2H3. The Labute approximate surface area is 91.8 Å². The van der Waals surface area contributed by atoms with Gasteiger partial charge < -0.3 is 15.4 Å². The third kappa shape index (κ3) is 3.80. The highest BCUT2D eigenvalue weighted by molar-refractivity contribution is 5.72. The second kappa shape index (κ2) is 6.08. The molecule has 1 aliphatic rings. The van der Waals surface area contributed by atoms with Crippen LogP contribution in [0.1, 0.15) is 19.8 Å². The summed E-state index contributed by atoms with van der Waals surface area (Å²) >= 11 is 0. The second-order valence-electron chi connectivity index (χ2n) is 4.44. The monoisotopic (exact) mass is 214 g/mol. The van der Waals surface area contributed by atoms with Gasteiger partial charge in [0.1, 0.15) is 0 Å². The highest BCUT2D eigenvalue weighted by atomic mass is 16.5. The molecule has 1 unspecified atom stereocenters. The fraction of sp³-hybridized carbons (Fsp3) is 0.909. The third-order valence-electron chi connectivity index (χ3n) is 3.09. The van der Waals surface area contributed by atoms with Crippen molar-refractivity contribution in [3.63, 3.8) is 0 Å². The van der Waals surface area contributed by atoms with Crippen LogP contribution in [-0.2, 0) is 9.53 Å². The molecule has 0 saturated carbocycles. The van der Waals surface area contributed by atoms with Crippen LogP contribution in [0.5, 0.6) is 0 Å². The molecule has 4 nitrogen and oxygen atoms in total. The smallest absolute Gasteiger partial charge is 0.308 e. The first-order chi connectivity index (χ1) is 7.17. The van der Waals surface area contributed by atoms with Crippen LogP contribution >= 0.6 is 0 Å². The van der Waals surface area contributed by atoms with Crippen LogP contribution in [-0.4, -0.2) is 44.2 Å². The molecular formula is C11H22N2O2. The maximum absolute atomic E-state index is 11.3. The van der Waals surface area contributed by atoms with Gasteiger partial charge in [-0.3, -0.25) is 4.79 Å². The Balaban J connectivity index is 2.26. The number of esters is 1. The minimum Gasteiger partial charge on any atom is -0.469 e. The van der Waals surface area contributed by atoms with Gasteiger partial charge in [0, 0.05) is 6.54 Å². The van der Waals surface area contributed by atoms with Crippen molar-refractivity contribution in [2.24, 2.45) is 17.6 Å². The van der Waals surface area contributed by atoms with E-state index in [-0.39, 0.29) is 11.9 Å². The molecule has 0 aromatic heterocycles. The third-order valence-corrected chi connectivity index (χ3v) is 3.09. The number of methoxy groups -OCH3 is 1. The van der Waals surface area contributed by atoms with Gasteiger partial charge in [-0.1, -0.05) is 6.92 Å². The van der Waals surface area contributed by atoms with Crippen molar-refractivity contribution >= 4 is 5.97 Å². The molecule has 4 heteroatoms. The highest BCUT2D eigenvalue weighted by Crippen LogP contribution is 2.18. The number of nitrogens with zero attached hydrogens (tertiary/aromatic N) is 1. The quantitative estimate of drug-likeness (QED) is 0.691. The molecule has 1 aliphatic heterocycles. The van der Waals surface area contributed by atoms with Crippen molar-refractivity contribution in [3.05, 3.63) is 0 Å². The van der Waals surface area contributed by atoms with E-state index in [4.69, 9.17) is 10.5 Å². The number of nitrogens with two attached hydrogens (primary N) is 1. The first kappa shape index (κ1) is 12.5. The van der Waals surface area contributed by atoms with Crippen molar-refractivity contribution in [3.8, 4) is 0 Å². The largest absolute Gasteiger partial charge is 0.469 e. The van der Waals surface area contributed by atoms with Crippen LogP contribution in [0.3, 0.4) is 0 Å². The van der Waals surface area contributed by atoms with Gasteiger partial charge in [0.25, 0.3) is 0 Å². The summed E-state index contributed by atoms with van der Waals surface area (Å²) < 4.78 is 4.75. The van der Waals surface area contributed by atoms with Crippen molar-refractivity contribution < 1.29 is 9.53 Å². The van der Waals surface area contributed by atoms with Crippen molar-refractivity contribution in [1.29, 1.82) is 0 Å². The molecule has 0 aromatic carbocycles. The SMILES string of the molecule is COC(=O)C1CCN(CC(C)CN)CC1. The molecule has 88 valence electrons. The van der Waals surface area contributed by atoms with E-state index >= 15 is 0 Å². The normalized spacial score (nSPS) is 21.3. The molecule has 0 amide bonds. The van der Waals surface area contributed by atoms with Gasteiger partial charge >= 0.3 is 5.97 Å². The summed E-state index contributed by atoms with van der Waals surface area (Å²) in [5, 5.41) is 0. The minimum absolute atomic E-state index is 0.0541. The Morgan fingerprint density at radius 3 is 2.60 bits per heavy atom. The van der Waals surface area contributed by atoms with Gasteiger partial charge in [-0.25, -0.2) is 0 Å². The Morgan fingerprint density at radius 1 is 1.53 bits per heavy atom. The molecule has 1 saturated heterocycles.